The van der Waals surface area contributed by atoms with Gasteiger partial charge in [-0.05, 0) is 42.3 Å². The zero-order valence-electron chi connectivity index (χ0n) is 12.8. The molecule has 2 aromatic rings. The summed E-state index contributed by atoms with van der Waals surface area (Å²) in [5.74, 6) is -0.726. The number of hydrogen-bond donors (Lipinski definition) is 2. The van der Waals surface area contributed by atoms with Crippen LogP contribution in [0.1, 0.15) is 21.5 Å². The van der Waals surface area contributed by atoms with Crippen LogP contribution in [-0.2, 0) is 16.6 Å². The molecule has 0 aliphatic carbocycles. The van der Waals surface area contributed by atoms with Gasteiger partial charge in [0.15, 0.2) is 0 Å². The fourth-order valence-electron chi connectivity index (χ4n) is 2.12. The number of anilines is 1. The summed E-state index contributed by atoms with van der Waals surface area (Å²) >= 11 is 0. The lowest BCUT2D eigenvalue weighted by molar-refractivity contribution is 0.0950. The second-order valence-electron chi connectivity index (χ2n) is 5.16. The van der Waals surface area contributed by atoms with E-state index in [-0.39, 0.29) is 18.3 Å². The van der Waals surface area contributed by atoms with Crippen molar-refractivity contribution in [1.29, 1.82) is 0 Å². The maximum absolute atomic E-state index is 13.1. The Morgan fingerprint density at radius 3 is 2.52 bits per heavy atom. The highest BCUT2D eigenvalue weighted by Crippen LogP contribution is 2.20. The Bertz CT molecular complexity index is 835. The average molecular weight is 336 g/mol. The number of benzene rings is 2. The number of amides is 1. The third kappa shape index (κ3) is 4.79. The molecule has 2 aromatic carbocycles. The zero-order valence-corrected chi connectivity index (χ0v) is 13.6. The maximum atomic E-state index is 13.1. The fraction of sp³-hybridized carbons (Fsp3) is 0.188. The molecule has 0 heterocycles. The normalized spacial score (nSPS) is 11.1. The second kappa shape index (κ2) is 6.78. The molecule has 2 N–H and O–H groups in total. The summed E-state index contributed by atoms with van der Waals surface area (Å²) in [5.41, 5.74) is 1.87. The summed E-state index contributed by atoms with van der Waals surface area (Å²) < 4.78 is 38.1. The van der Waals surface area contributed by atoms with Crippen molar-refractivity contribution >= 4 is 21.6 Å². The molecule has 0 aliphatic rings. The van der Waals surface area contributed by atoms with E-state index in [0.717, 1.165) is 6.26 Å². The predicted octanol–water partition coefficient (Wildman–Crippen LogP) is 2.44. The van der Waals surface area contributed by atoms with E-state index in [9.17, 15) is 17.6 Å². The summed E-state index contributed by atoms with van der Waals surface area (Å²) in [6.45, 7) is 1.84. The van der Waals surface area contributed by atoms with Gasteiger partial charge in [0.25, 0.3) is 5.91 Å². The highest BCUT2D eigenvalue weighted by molar-refractivity contribution is 7.92. The lowest BCUT2D eigenvalue weighted by Crippen LogP contribution is -2.24. The van der Waals surface area contributed by atoms with E-state index in [0.29, 0.717) is 22.4 Å². The molecule has 0 unspecified atom stereocenters. The molecule has 0 aliphatic heterocycles. The molecular formula is C16H17FN2O3S. The molecule has 0 aromatic heterocycles. The summed E-state index contributed by atoms with van der Waals surface area (Å²) in [5, 5.41) is 2.69. The lowest BCUT2D eigenvalue weighted by Gasteiger charge is -2.12. The van der Waals surface area contributed by atoms with Crippen molar-refractivity contribution in [3.8, 4) is 0 Å². The highest BCUT2D eigenvalue weighted by atomic mass is 32.2. The molecule has 0 spiro atoms. The first-order valence-corrected chi connectivity index (χ1v) is 8.75. The van der Waals surface area contributed by atoms with Crippen LogP contribution in [0.5, 0.6) is 0 Å². The Morgan fingerprint density at radius 1 is 1.17 bits per heavy atom. The van der Waals surface area contributed by atoms with E-state index in [4.69, 9.17) is 0 Å². The summed E-state index contributed by atoms with van der Waals surface area (Å²) in [7, 11) is -3.43. The predicted molar refractivity (Wildman–Crippen MR) is 87.2 cm³/mol. The van der Waals surface area contributed by atoms with Gasteiger partial charge in [0, 0.05) is 12.1 Å². The van der Waals surface area contributed by atoms with Crippen LogP contribution in [0.2, 0.25) is 0 Å². The molecule has 7 heteroatoms. The highest BCUT2D eigenvalue weighted by Gasteiger charge is 2.13. The van der Waals surface area contributed by atoms with Crippen LogP contribution in [0.3, 0.4) is 0 Å². The first kappa shape index (κ1) is 17.0. The number of rotatable bonds is 5. The standard InChI is InChI=1S/C16H17FN2O3S/c1-11-14(7-4-8-15(11)19-23(2,21)22)16(20)18-10-12-5-3-6-13(17)9-12/h3-9,19H,10H2,1-2H3,(H,18,20). The SMILES string of the molecule is Cc1c(NS(C)(=O)=O)cccc1C(=O)NCc1cccc(F)c1. The largest absolute Gasteiger partial charge is 0.348 e. The first-order valence-electron chi connectivity index (χ1n) is 6.86. The van der Waals surface area contributed by atoms with Crippen LogP contribution in [0.15, 0.2) is 42.5 Å². The molecule has 0 bridgehead atoms. The van der Waals surface area contributed by atoms with Gasteiger partial charge < -0.3 is 5.32 Å². The third-order valence-corrected chi connectivity index (χ3v) is 3.81. The molecule has 0 saturated carbocycles. The van der Waals surface area contributed by atoms with Gasteiger partial charge in [-0.25, -0.2) is 12.8 Å². The Kier molecular flexibility index (Phi) is 5.00. The molecule has 122 valence electrons. The first-order chi connectivity index (χ1) is 10.8. The van der Waals surface area contributed by atoms with Gasteiger partial charge in [-0.3, -0.25) is 9.52 Å². The molecule has 5 nitrogen and oxygen atoms in total. The van der Waals surface area contributed by atoms with Crippen LogP contribution in [0.25, 0.3) is 0 Å². The Morgan fingerprint density at radius 2 is 1.87 bits per heavy atom. The minimum atomic E-state index is -3.43. The van der Waals surface area contributed by atoms with E-state index in [1.165, 1.54) is 12.1 Å². The maximum Gasteiger partial charge on any atom is 0.251 e. The number of carbonyl (C=O) groups is 1. The zero-order chi connectivity index (χ0) is 17.0. The molecule has 23 heavy (non-hydrogen) atoms. The molecule has 0 atom stereocenters. The fourth-order valence-corrected chi connectivity index (χ4v) is 2.74. The van der Waals surface area contributed by atoms with Crippen molar-refractivity contribution in [3.05, 3.63) is 65.0 Å². The van der Waals surface area contributed by atoms with Crippen molar-refractivity contribution in [2.45, 2.75) is 13.5 Å². The molecule has 1 amide bonds. The van der Waals surface area contributed by atoms with Gasteiger partial charge >= 0.3 is 0 Å². The van der Waals surface area contributed by atoms with Crippen LogP contribution in [0.4, 0.5) is 10.1 Å². The van der Waals surface area contributed by atoms with Crippen LogP contribution >= 0.6 is 0 Å². The van der Waals surface area contributed by atoms with Gasteiger partial charge in [0.1, 0.15) is 5.82 Å². The van der Waals surface area contributed by atoms with E-state index in [2.05, 4.69) is 10.0 Å². The van der Waals surface area contributed by atoms with Crippen LogP contribution in [0, 0.1) is 12.7 Å². The molecule has 0 radical (unpaired) electrons. The van der Waals surface area contributed by atoms with Crippen molar-refractivity contribution in [1.82, 2.24) is 5.32 Å². The molecular weight excluding hydrogens is 319 g/mol. The summed E-state index contributed by atoms with van der Waals surface area (Å²) in [6, 6.07) is 10.7. The van der Waals surface area contributed by atoms with Crippen LogP contribution < -0.4 is 10.0 Å². The number of halogens is 1. The van der Waals surface area contributed by atoms with Crippen molar-refractivity contribution in [2.24, 2.45) is 0 Å². The second-order valence-corrected chi connectivity index (χ2v) is 6.91. The summed E-state index contributed by atoms with van der Waals surface area (Å²) in [4.78, 5) is 12.3. The van der Waals surface area contributed by atoms with Crippen molar-refractivity contribution in [2.75, 3.05) is 11.0 Å². The molecule has 0 saturated heterocycles. The third-order valence-electron chi connectivity index (χ3n) is 3.22. The molecule has 2 rings (SSSR count). The number of hydrogen-bond acceptors (Lipinski definition) is 3. The lowest BCUT2D eigenvalue weighted by atomic mass is 10.1. The number of carbonyl (C=O) groups excluding carboxylic acids is 1. The smallest absolute Gasteiger partial charge is 0.251 e. The minimum Gasteiger partial charge on any atom is -0.348 e. The quantitative estimate of drug-likeness (QED) is 0.880. The molecule has 0 fully saturated rings. The minimum absolute atomic E-state index is 0.180. The van der Waals surface area contributed by atoms with Gasteiger partial charge in [-0.15, -0.1) is 0 Å². The van der Waals surface area contributed by atoms with E-state index < -0.39 is 10.0 Å². The van der Waals surface area contributed by atoms with Gasteiger partial charge in [0.05, 0.1) is 11.9 Å². The van der Waals surface area contributed by atoms with Gasteiger partial charge in [0.2, 0.25) is 10.0 Å². The monoisotopic (exact) mass is 336 g/mol. The Labute approximate surface area is 134 Å². The topological polar surface area (TPSA) is 75.3 Å². The van der Waals surface area contributed by atoms with Crippen molar-refractivity contribution in [3.63, 3.8) is 0 Å². The number of nitrogens with one attached hydrogen (secondary N) is 2. The van der Waals surface area contributed by atoms with E-state index in [1.54, 1.807) is 37.3 Å². The van der Waals surface area contributed by atoms with Gasteiger partial charge in [-0.1, -0.05) is 18.2 Å². The van der Waals surface area contributed by atoms with E-state index >= 15 is 0 Å². The van der Waals surface area contributed by atoms with Crippen LogP contribution in [-0.4, -0.2) is 20.6 Å². The Balaban J connectivity index is 2.15. The van der Waals surface area contributed by atoms with Crippen molar-refractivity contribution < 1.29 is 17.6 Å². The van der Waals surface area contributed by atoms with E-state index in [1.807, 2.05) is 0 Å². The average Bonchev–Trinajstić information content (AvgIpc) is 2.46. The van der Waals surface area contributed by atoms with Gasteiger partial charge in [-0.2, -0.15) is 0 Å². The Hall–Kier alpha value is -2.41. The summed E-state index contributed by atoms with van der Waals surface area (Å²) in [6.07, 6.45) is 1.04. The number of sulfonamides is 1.